The van der Waals surface area contributed by atoms with Gasteiger partial charge in [-0.2, -0.15) is 0 Å². The van der Waals surface area contributed by atoms with Gasteiger partial charge in [-0.1, -0.05) is 17.3 Å². The van der Waals surface area contributed by atoms with Crippen molar-refractivity contribution in [3.8, 4) is 10.6 Å². The number of aromatic nitrogens is 2. The molecule has 0 spiro atoms. The number of fused-ring (bicyclic) bond motifs is 1. The Morgan fingerprint density at radius 2 is 1.84 bits per heavy atom. The molecule has 2 N–H and O–H groups in total. The van der Waals surface area contributed by atoms with Gasteiger partial charge in [-0.05, 0) is 56.7 Å². The summed E-state index contributed by atoms with van der Waals surface area (Å²) in [5.74, 6) is -0.221. The van der Waals surface area contributed by atoms with Gasteiger partial charge in [-0.3, -0.25) is 4.79 Å². The number of amides is 1. The summed E-state index contributed by atoms with van der Waals surface area (Å²) in [6.07, 6.45) is 0. The molecule has 1 unspecified atom stereocenters. The standard InChI is InChI=1S/C22H22N4O4S2/c1-12-5-10-19(31-12)18-11-17(20-13(2)25-30-21(20)24-18)22(27)26(4)14(3)15-6-8-16(9-7-15)32(23,28)29/h5-11,14H,1-4H3,(H2,23,28,29). The molecular formula is C22H22N4O4S2. The van der Waals surface area contributed by atoms with Crippen molar-refractivity contribution in [3.05, 3.63) is 64.2 Å². The van der Waals surface area contributed by atoms with Crippen LogP contribution in [0.25, 0.3) is 21.7 Å². The Morgan fingerprint density at radius 3 is 2.44 bits per heavy atom. The Balaban J connectivity index is 1.73. The van der Waals surface area contributed by atoms with Gasteiger partial charge in [0.1, 0.15) is 0 Å². The highest BCUT2D eigenvalue weighted by molar-refractivity contribution is 7.89. The van der Waals surface area contributed by atoms with E-state index in [4.69, 9.17) is 9.66 Å². The first-order valence-corrected chi connectivity index (χ1v) is 12.2. The zero-order chi connectivity index (χ0) is 23.2. The lowest BCUT2D eigenvalue weighted by Gasteiger charge is -2.26. The Bertz CT molecular complexity index is 1420. The summed E-state index contributed by atoms with van der Waals surface area (Å²) in [6, 6.07) is 11.6. The first kappa shape index (κ1) is 22.1. The number of benzene rings is 1. The average molecular weight is 471 g/mol. The van der Waals surface area contributed by atoms with Gasteiger partial charge in [0.05, 0.1) is 38.2 Å². The van der Waals surface area contributed by atoms with Crippen molar-refractivity contribution in [1.82, 2.24) is 15.0 Å². The van der Waals surface area contributed by atoms with Crippen LogP contribution < -0.4 is 5.14 Å². The molecule has 10 heteroatoms. The molecule has 0 fully saturated rings. The van der Waals surface area contributed by atoms with Crippen LogP contribution in [0, 0.1) is 13.8 Å². The summed E-state index contributed by atoms with van der Waals surface area (Å²) < 4.78 is 28.4. The number of nitrogens with zero attached hydrogens (tertiary/aromatic N) is 3. The van der Waals surface area contributed by atoms with Crippen molar-refractivity contribution in [2.45, 2.75) is 31.7 Å². The molecule has 0 aliphatic heterocycles. The number of sulfonamides is 1. The van der Waals surface area contributed by atoms with E-state index in [-0.39, 0.29) is 16.8 Å². The molecule has 4 rings (SSSR count). The van der Waals surface area contributed by atoms with E-state index in [0.29, 0.717) is 28.1 Å². The number of nitrogens with two attached hydrogens (primary N) is 1. The smallest absolute Gasteiger partial charge is 0.259 e. The third-order valence-electron chi connectivity index (χ3n) is 5.43. The second-order valence-electron chi connectivity index (χ2n) is 7.62. The molecule has 166 valence electrons. The molecule has 1 amide bonds. The van der Waals surface area contributed by atoms with Crippen molar-refractivity contribution < 1.29 is 17.7 Å². The molecule has 8 nitrogen and oxygen atoms in total. The summed E-state index contributed by atoms with van der Waals surface area (Å²) in [4.78, 5) is 21.8. The van der Waals surface area contributed by atoms with E-state index < -0.39 is 10.0 Å². The summed E-state index contributed by atoms with van der Waals surface area (Å²) in [5.41, 5.74) is 2.77. The number of rotatable bonds is 5. The van der Waals surface area contributed by atoms with E-state index in [2.05, 4.69) is 10.1 Å². The maximum atomic E-state index is 13.6. The molecule has 4 aromatic rings. The highest BCUT2D eigenvalue weighted by Crippen LogP contribution is 2.32. The number of hydrogen-bond donors (Lipinski definition) is 1. The van der Waals surface area contributed by atoms with Crippen LogP contribution in [0.4, 0.5) is 0 Å². The predicted molar refractivity (Wildman–Crippen MR) is 123 cm³/mol. The number of primary sulfonamides is 1. The lowest BCUT2D eigenvalue weighted by Crippen LogP contribution is -2.30. The average Bonchev–Trinajstić information content (AvgIpc) is 3.36. The predicted octanol–water partition coefficient (Wildman–Crippen LogP) is 4.05. The minimum absolute atomic E-state index is 0.0225. The van der Waals surface area contributed by atoms with Gasteiger partial charge in [0, 0.05) is 11.9 Å². The van der Waals surface area contributed by atoms with E-state index in [1.54, 1.807) is 48.4 Å². The molecule has 0 bridgehead atoms. The van der Waals surface area contributed by atoms with Gasteiger partial charge >= 0.3 is 0 Å². The number of thiophene rings is 1. The van der Waals surface area contributed by atoms with E-state index >= 15 is 0 Å². The molecule has 0 aliphatic carbocycles. The van der Waals surface area contributed by atoms with Crippen molar-refractivity contribution in [2.24, 2.45) is 5.14 Å². The zero-order valence-corrected chi connectivity index (χ0v) is 19.6. The van der Waals surface area contributed by atoms with Crippen LogP contribution in [0.3, 0.4) is 0 Å². The molecule has 0 radical (unpaired) electrons. The van der Waals surface area contributed by atoms with Crippen molar-refractivity contribution in [2.75, 3.05) is 7.05 Å². The third kappa shape index (κ3) is 4.04. The Morgan fingerprint density at radius 1 is 1.16 bits per heavy atom. The summed E-state index contributed by atoms with van der Waals surface area (Å²) in [5, 5.41) is 9.75. The minimum atomic E-state index is -3.78. The van der Waals surface area contributed by atoms with Gasteiger partial charge in [0.25, 0.3) is 11.6 Å². The lowest BCUT2D eigenvalue weighted by atomic mass is 10.0. The third-order valence-corrected chi connectivity index (χ3v) is 7.39. The highest BCUT2D eigenvalue weighted by atomic mass is 32.2. The van der Waals surface area contributed by atoms with Crippen LogP contribution in [0.1, 0.15) is 39.5 Å². The van der Waals surface area contributed by atoms with Crippen LogP contribution in [-0.4, -0.2) is 36.4 Å². The largest absolute Gasteiger partial charge is 0.335 e. The van der Waals surface area contributed by atoms with E-state index in [1.807, 2.05) is 26.0 Å². The molecule has 1 atom stereocenters. The van der Waals surface area contributed by atoms with Crippen LogP contribution >= 0.6 is 11.3 Å². The number of hydrogen-bond acceptors (Lipinski definition) is 7. The molecule has 3 heterocycles. The van der Waals surface area contributed by atoms with Gasteiger partial charge in [-0.15, -0.1) is 11.3 Å². The molecule has 3 aromatic heterocycles. The highest BCUT2D eigenvalue weighted by Gasteiger charge is 2.25. The zero-order valence-electron chi connectivity index (χ0n) is 18.0. The number of carbonyl (C=O) groups is 1. The molecule has 32 heavy (non-hydrogen) atoms. The quantitative estimate of drug-likeness (QED) is 0.470. The normalized spacial score (nSPS) is 12.8. The van der Waals surface area contributed by atoms with Gasteiger partial charge in [-0.25, -0.2) is 18.5 Å². The van der Waals surface area contributed by atoms with Crippen LogP contribution in [0.15, 0.2) is 51.9 Å². The molecule has 1 aromatic carbocycles. The second kappa shape index (κ2) is 8.12. The summed E-state index contributed by atoms with van der Waals surface area (Å²) in [6.45, 7) is 5.65. The number of carbonyl (C=O) groups excluding carboxylic acids is 1. The van der Waals surface area contributed by atoms with Crippen LogP contribution in [0.2, 0.25) is 0 Å². The topological polar surface area (TPSA) is 119 Å². The van der Waals surface area contributed by atoms with E-state index in [9.17, 15) is 13.2 Å². The van der Waals surface area contributed by atoms with Crippen molar-refractivity contribution >= 4 is 38.4 Å². The fraction of sp³-hybridized carbons (Fsp3) is 0.227. The molecule has 0 saturated heterocycles. The first-order valence-electron chi connectivity index (χ1n) is 9.80. The maximum Gasteiger partial charge on any atom is 0.259 e. The summed E-state index contributed by atoms with van der Waals surface area (Å²) >= 11 is 1.58. The Hall–Kier alpha value is -3.08. The fourth-order valence-electron chi connectivity index (χ4n) is 3.49. The Labute approximate surface area is 189 Å². The van der Waals surface area contributed by atoms with Crippen LogP contribution in [-0.2, 0) is 10.0 Å². The molecule has 0 aliphatic rings. The Kier molecular flexibility index (Phi) is 5.61. The monoisotopic (exact) mass is 470 g/mol. The fourth-order valence-corrected chi connectivity index (χ4v) is 4.83. The van der Waals surface area contributed by atoms with Gasteiger partial charge < -0.3 is 9.42 Å². The van der Waals surface area contributed by atoms with Crippen molar-refractivity contribution in [1.29, 1.82) is 0 Å². The lowest BCUT2D eigenvalue weighted by molar-refractivity contribution is 0.0744. The SMILES string of the molecule is Cc1ccc(-c2cc(C(=O)N(C)C(C)c3ccc(S(N)(=O)=O)cc3)c3c(C)noc3n2)s1. The van der Waals surface area contributed by atoms with E-state index in [1.165, 1.54) is 12.1 Å². The molecule has 0 saturated carbocycles. The number of pyridine rings is 1. The minimum Gasteiger partial charge on any atom is -0.335 e. The summed E-state index contributed by atoms with van der Waals surface area (Å²) in [7, 11) is -2.08. The first-order chi connectivity index (χ1) is 15.1. The maximum absolute atomic E-state index is 13.6. The van der Waals surface area contributed by atoms with Crippen molar-refractivity contribution in [3.63, 3.8) is 0 Å². The van der Waals surface area contributed by atoms with E-state index in [0.717, 1.165) is 15.3 Å². The second-order valence-corrected chi connectivity index (χ2v) is 10.5. The van der Waals surface area contributed by atoms with Gasteiger partial charge in [0.2, 0.25) is 10.0 Å². The number of aryl methyl sites for hydroxylation is 2. The van der Waals surface area contributed by atoms with Gasteiger partial charge in [0.15, 0.2) is 0 Å². The molecular weight excluding hydrogens is 448 g/mol. The van der Waals surface area contributed by atoms with Crippen LogP contribution in [0.5, 0.6) is 0 Å².